The average molecular weight is 327 g/mol. The number of rotatable bonds is 5. The van der Waals surface area contributed by atoms with Crippen LogP contribution in [0.15, 0.2) is 48.5 Å². The van der Waals surface area contributed by atoms with Gasteiger partial charge in [-0.3, -0.25) is 4.79 Å². The standard InChI is InChI=1S/C18H21N3O3/c1-13(22)21(16-5-3-4-15(19)12-16)18(23)20-11-10-14-6-8-17(24-2)9-7-14/h3-9,12H,10-11,19H2,1-2H3,(H,20,23). The van der Waals surface area contributed by atoms with E-state index in [1.54, 1.807) is 31.4 Å². The largest absolute Gasteiger partial charge is 0.497 e. The zero-order valence-corrected chi connectivity index (χ0v) is 13.8. The van der Waals surface area contributed by atoms with Crippen LogP contribution in [-0.2, 0) is 11.2 Å². The van der Waals surface area contributed by atoms with Crippen LogP contribution in [-0.4, -0.2) is 25.6 Å². The van der Waals surface area contributed by atoms with E-state index in [4.69, 9.17) is 10.5 Å². The van der Waals surface area contributed by atoms with Crippen LogP contribution in [0.3, 0.4) is 0 Å². The highest BCUT2D eigenvalue weighted by atomic mass is 16.5. The fourth-order valence-electron chi connectivity index (χ4n) is 2.29. The molecule has 0 spiro atoms. The van der Waals surface area contributed by atoms with E-state index < -0.39 is 6.03 Å². The van der Waals surface area contributed by atoms with Crippen molar-refractivity contribution in [3.8, 4) is 5.75 Å². The van der Waals surface area contributed by atoms with Gasteiger partial charge in [-0.25, -0.2) is 9.69 Å². The second kappa shape index (κ2) is 8.01. The first-order chi connectivity index (χ1) is 11.5. The van der Waals surface area contributed by atoms with Crippen molar-refractivity contribution in [2.75, 3.05) is 24.3 Å². The molecule has 0 saturated carbocycles. The predicted molar refractivity (Wildman–Crippen MR) is 94.1 cm³/mol. The molecule has 2 rings (SSSR count). The number of ether oxygens (including phenoxy) is 1. The number of carbonyl (C=O) groups is 2. The van der Waals surface area contributed by atoms with E-state index in [1.165, 1.54) is 6.92 Å². The smallest absolute Gasteiger partial charge is 0.328 e. The molecule has 0 aromatic heterocycles. The Kier molecular flexibility index (Phi) is 5.78. The fourth-order valence-corrected chi connectivity index (χ4v) is 2.29. The number of hydrogen-bond donors (Lipinski definition) is 2. The number of amides is 3. The van der Waals surface area contributed by atoms with Crippen molar-refractivity contribution in [1.82, 2.24) is 5.32 Å². The highest BCUT2D eigenvalue weighted by Crippen LogP contribution is 2.18. The van der Waals surface area contributed by atoms with Crippen LogP contribution in [0.4, 0.5) is 16.2 Å². The van der Waals surface area contributed by atoms with Gasteiger partial charge in [0, 0.05) is 19.2 Å². The third-order valence-electron chi connectivity index (χ3n) is 3.50. The van der Waals surface area contributed by atoms with Crippen LogP contribution in [0.25, 0.3) is 0 Å². The van der Waals surface area contributed by atoms with E-state index in [2.05, 4.69) is 5.32 Å². The minimum Gasteiger partial charge on any atom is -0.497 e. The molecule has 3 amide bonds. The molecule has 6 nitrogen and oxygen atoms in total. The number of hydrogen-bond acceptors (Lipinski definition) is 4. The lowest BCUT2D eigenvalue weighted by molar-refractivity contribution is -0.115. The molecule has 3 N–H and O–H groups in total. The SMILES string of the molecule is COc1ccc(CCNC(=O)N(C(C)=O)c2cccc(N)c2)cc1. The number of nitrogens with zero attached hydrogens (tertiary/aromatic N) is 1. The molecule has 0 radical (unpaired) electrons. The van der Waals surface area contributed by atoms with Crippen molar-refractivity contribution in [3.05, 3.63) is 54.1 Å². The Morgan fingerprint density at radius 1 is 1.17 bits per heavy atom. The summed E-state index contributed by atoms with van der Waals surface area (Å²) in [5.74, 6) is 0.412. The van der Waals surface area contributed by atoms with Crippen molar-refractivity contribution in [3.63, 3.8) is 0 Å². The Labute approximate surface area is 141 Å². The molecular weight excluding hydrogens is 306 g/mol. The molecule has 2 aromatic carbocycles. The van der Waals surface area contributed by atoms with Gasteiger partial charge in [0.05, 0.1) is 12.8 Å². The molecule has 0 saturated heterocycles. The molecule has 2 aromatic rings. The van der Waals surface area contributed by atoms with E-state index in [-0.39, 0.29) is 5.91 Å². The maximum Gasteiger partial charge on any atom is 0.328 e. The van der Waals surface area contributed by atoms with Crippen LogP contribution in [0.2, 0.25) is 0 Å². The third-order valence-corrected chi connectivity index (χ3v) is 3.50. The minimum absolute atomic E-state index is 0.373. The van der Waals surface area contributed by atoms with Gasteiger partial charge in [-0.15, -0.1) is 0 Å². The highest BCUT2D eigenvalue weighted by Gasteiger charge is 2.19. The number of nitrogens with two attached hydrogens (primary N) is 1. The summed E-state index contributed by atoms with van der Waals surface area (Å²) in [5.41, 5.74) is 7.72. The molecule has 0 heterocycles. The van der Waals surface area contributed by atoms with Crippen LogP contribution in [0.5, 0.6) is 5.75 Å². The molecular formula is C18H21N3O3. The lowest BCUT2D eigenvalue weighted by atomic mass is 10.1. The van der Waals surface area contributed by atoms with Gasteiger partial charge in [-0.2, -0.15) is 0 Å². The number of imide groups is 1. The summed E-state index contributed by atoms with van der Waals surface area (Å²) >= 11 is 0. The first-order valence-corrected chi connectivity index (χ1v) is 7.58. The van der Waals surface area contributed by atoms with E-state index >= 15 is 0 Å². The zero-order chi connectivity index (χ0) is 17.5. The molecule has 0 fully saturated rings. The van der Waals surface area contributed by atoms with Gasteiger partial charge < -0.3 is 15.8 Å². The molecule has 0 aliphatic heterocycles. The number of nitrogens with one attached hydrogen (secondary N) is 1. The molecule has 0 unspecified atom stereocenters. The summed E-state index contributed by atoms with van der Waals surface area (Å²) in [7, 11) is 1.61. The van der Waals surface area contributed by atoms with Crippen molar-refractivity contribution < 1.29 is 14.3 Å². The van der Waals surface area contributed by atoms with E-state index in [0.29, 0.717) is 24.3 Å². The van der Waals surface area contributed by atoms with Crippen LogP contribution in [0, 0.1) is 0 Å². The molecule has 0 atom stereocenters. The quantitative estimate of drug-likeness (QED) is 0.827. The van der Waals surface area contributed by atoms with Gasteiger partial charge in [0.15, 0.2) is 0 Å². The summed E-state index contributed by atoms with van der Waals surface area (Å²) in [5, 5.41) is 2.75. The summed E-state index contributed by atoms with van der Waals surface area (Å²) in [6.45, 7) is 1.75. The fraction of sp³-hybridized carbons (Fsp3) is 0.222. The van der Waals surface area contributed by atoms with Crippen molar-refractivity contribution >= 4 is 23.3 Å². The normalized spacial score (nSPS) is 10.1. The van der Waals surface area contributed by atoms with E-state index in [0.717, 1.165) is 16.2 Å². The Bertz CT molecular complexity index is 714. The van der Waals surface area contributed by atoms with Gasteiger partial charge >= 0.3 is 6.03 Å². The predicted octanol–water partition coefficient (Wildman–Crippen LogP) is 2.58. The van der Waals surface area contributed by atoms with Gasteiger partial charge in [0.25, 0.3) is 0 Å². The average Bonchev–Trinajstić information content (AvgIpc) is 2.55. The Balaban J connectivity index is 1.97. The van der Waals surface area contributed by atoms with Gasteiger partial charge in [-0.05, 0) is 42.3 Å². The number of urea groups is 1. The summed E-state index contributed by atoms with van der Waals surface area (Å²) in [4.78, 5) is 25.2. The molecule has 126 valence electrons. The maximum absolute atomic E-state index is 12.3. The Morgan fingerprint density at radius 2 is 1.88 bits per heavy atom. The summed E-state index contributed by atoms with van der Waals surface area (Å²) in [6.07, 6.45) is 0.651. The highest BCUT2D eigenvalue weighted by molar-refractivity contribution is 6.13. The van der Waals surface area contributed by atoms with Crippen LogP contribution in [0.1, 0.15) is 12.5 Å². The van der Waals surface area contributed by atoms with Crippen molar-refractivity contribution in [1.29, 1.82) is 0 Å². The first-order valence-electron chi connectivity index (χ1n) is 7.58. The molecule has 6 heteroatoms. The maximum atomic E-state index is 12.3. The molecule has 0 bridgehead atoms. The summed E-state index contributed by atoms with van der Waals surface area (Å²) < 4.78 is 5.10. The minimum atomic E-state index is -0.471. The number of nitrogen functional groups attached to an aromatic ring is 1. The number of carbonyl (C=O) groups excluding carboxylic acids is 2. The molecule has 0 aliphatic carbocycles. The lowest BCUT2D eigenvalue weighted by Gasteiger charge is -2.20. The number of methoxy groups -OCH3 is 1. The van der Waals surface area contributed by atoms with Gasteiger partial charge in [0.1, 0.15) is 5.75 Å². The number of benzene rings is 2. The van der Waals surface area contributed by atoms with E-state index in [9.17, 15) is 9.59 Å². The molecule has 24 heavy (non-hydrogen) atoms. The molecule has 0 aliphatic rings. The second-order valence-electron chi connectivity index (χ2n) is 5.28. The second-order valence-corrected chi connectivity index (χ2v) is 5.28. The first kappa shape index (κ1) is 17.3. The van der Waals surface area contributed by atoms with Crippen molar-refractivity contribution in [2.45, 2.75) is 13.3 Å². The Morgan fingerprint density at radius 3 is 2.46 bits per heavy atom. The number of anilines is 2. The zero-order valence-electron chi connectivity index (χ0n) is 13.8. The lowest BCUT2D eigenvalue weighted by Crippen LogP contribution is -2.43. The monoisotopic (exact) mass is 327 g/mol. The van der Waals surface area contributed by atoms with Gasteiger partial charge in [-0.1, -0.05) is 18.2 Å². The topological polar surface area (TPSA) is 84.7 Å². The van der Waals surface area contributed by atoms with Crippen LogP contribution < -0.4 is 20.7 Å². The van der Waals surface area contributed by atoms with Crippen LogP contribution >= 0.6 is 0 Å². The Hall–Kier alpha value is -3.02. The van der Waals surface area contributed by atoms with Crippen molar-refractivity contribution in [2.24, 2.45) is 0 Å². The van der Waals surface area contributed by atoms with Gasteiger partial charge in [0.2, 0.25) is 5.91 Å². The third kappa shape index (κ3) is 4.49. The van der Waals surface area contributed by atoms with E-state index in [1.807, 2.05) is 24.3 Å². The summed E-state index contributed by atoms with van der Waals surface area (Å²) in [6, 6.07) is 13.8.